The lowest BCUT2D eigenvalue weighted by molar-refractivity contribution is 0.101. The van der Waals surface area contributed by atoms with Gasteiger partial charge in [0, 0.05) is 20.2 Å². The minimum Gasteiger partial charge on any atom is -0.334 e. The fourth-order valence-electron chi connectivity index (χ4n) is 1.24. The molecule has 5 heteroatoms. The van der Waals surface area contributed by atoms with Gasteiger partial charge in [-0.15, -0.1) is 0 Å². The molecule has 2 aromatic rings. The van der Waals surface area contributed by atoms with Crippen LogP contribution in [0.3, 0.4) is 0 Å². The number of imidazole rings is 1. The first-order chi connectivity index (χ1) is 6.68. The van der Waals surface area contributed by atoms with Crippen molar-refractivity contribution in [1.29, 1.82) is 0 Å². The van der Waals surface area contributed by atoms with Gasteiger partial charge in [0.15, 0.2) is 11.6 Å². The number of rotatable bonds is 2. The Balaban J connectivity index is 2.43. The average molecular weight is 190 g/mol. The van der Waals surface area contributed by atoms with E-state index in [1.165, 1.54) is 13.1 Å². The third-order valence-corrected chi connectivity index (χ3v) is 2.02. The lowest BCUT2D eigenvalue weighted by Crippen LogP contribution is -1.95. The molecule has 14 heavy (non-hydrogen) atoms. The highest BCUT2D eigenvalue weighted by Gasteiger charge is 2.08. The van der Waals surface area contributed by atoms with Crippen molar-refractivity contribution in [1.82, 2.24) is 19.7 Å². The second-order valence-corrected chi connectivity index (χ2v) is 3.04. The van der Waals surface area contributed by atoms with Gasteiger partial charge >= 0.3 is 0 Å². The van der Waals surface area contributed by atoms with Crippen molar-refractivity contribution in [3.05, 3.63) is 24.2 Å². The number of hydrogen-bond donors (Lipinski definition) is 1. The van der Waals surface area contributed by atoms with E-state index in [4.69, 9.17) is 0 Å². The van der Waals surface area contributed by atoms with E-state index in [1.807, 2.05) is 13.1 Å². The van der Waals surface area contributed by atoms with Crippen LogP contribution in [-0.4, -0.2) is 25.5 Å². The summed E-state index contributed by atoms with van der Waals surface area (Å²) in [5.74, 6) is 0.640. The second kappa shape index (κ2) is 3.10. The standard InChI is InChI=1S/C9H10N4O/c1-6(14)7-5-10-9(12-7)8-3-4-11-13(8)2/h3-5H,1-2H3,(H,10,12). The molecule has 2 rings (SSSR count). The Kier molecular flexibility index (Phi) is 1.92. The molecule has 0 saturated carbocycles. The third kappa shape index (κ3) is 1.32. The number of nitrogens with zero attached hydrogens (tertiary/aromatic N) is 3. The average Bonchev–Trinajstić information content (AvgIpc) is 2.71. The quantitative estimate of drug-likeness (QED) is 0.719. The number of aromatic nitrogens is 4. The molecule has 2 aromatic heterocycles. The number of H-pyrrole nitrogens is 1. The molecule has 0 bridgehead atoms. The summed E-state index contributed by atoms with van der Waals surface area (Å²) in [5.41, 5.74) is 1.37. The summed E-state index contributed by atoms with van der Waals surface area (Å²) in [6, 6.07) is 1.84. The highest BCUT2D eigenvalue weighted by atomic mass is 16.1. The SMILES string of the molecule is CC(=O)c1cnc(-c2ccnn2C)[nH]1. The number of carbonyl (C=O) groups excluding carboxylic acids is 1. The van der Waals surface area contributed by atoms with Crippen molar-refractivity contribution in [2.75, 3.05) is 0 Å². The molecule has 0 fully saturated rings. The van der Waals surface area contributed by atoms with Crippen molar-refractivity contribution < 1.29 is 4.79 Å². The van der Waals surface area contributed by atoms with Crippen LogP contribution in [0, 0.1) is 0 Å². The van der Waals surface area contributed by atoms with Crippen LogP contribution in [0.4, 0.5) is 0 Å². The minimum atomic E-state index is -0.0223. The maximum absolute atomic E-state index is 11.0. The van der Waals surface area contributed by atoms with Gasteiger partial charge in [0.25, 0.3) is 0 Å². The number of aromatic amines is 1. The van der Waals surface area contributed by atoms with Crippen LogP contribution in [0.1, 0.15) is 17.4 Å². The van der Waals surface area contributed by atoms with Gasteiger partial charge in [-0.05, 0) is 6.07 Å². The molecule has 2 heterocycles. The minimum absolute atomic E-state index is 0.0223. The lowest BCUT2D eigenvalue weighted by Gasteiger charge is -1.95. The van der Waals surface area contributed by atoms with E-state index in [0.29, 0.717) is 11.5 Å². The Morgan fingerprint density at radius 3 is 2.86 bits per heavy atom. The van der Waals surface area contributed by atoms with Crippen molar-refractivity contribution in [3.63, 3.8) is 0 Å². The monoisotopic (exact) mass is 190 g/mol. The van der Waals surface area contributed by atoms with Crippen molar-refractivity contribution in [2.24, 2.45) is 7.05 Å². The number of Topliss-reactive ketones (excluding diaryl/α,β-unsaturated/α-hetero) is 1. The highest BCUT2D eigenvalue weighted by molar-refractivity contribution is 5.92. The van der Waals surface area contributed by atoms with E-state index in [2.05, 4.69) is 15.1 Å². The van der Waals surface area contributed by atoms with E-state index < -0.39 is 0 Å². The number of hydrogen-bond acceptors (Lipinski definition) is 3. The Morgan fingerprint density at radius 2 is 2.36 bits per heavy atom. The van der Waals surface area contributed by atoms with Crippen LogP contribution in [0.15, 0.2) is 18.5 Å². The predicted molar refractivity (Wildman–Crippen MR) is 50.8 cm³/mol. The molecule has 0 radical (unpaired) electrons. The van der Waals surface area contributed by atoms with Gasteiger partial charge in [-0.3, -0.25) is 9.48 Å². The molecule has 72 valence electrons. The smallest absolute Gasteiger partial charge is 0.177 e. The Hall–Kier alpha value is -1.91. The maximum Gasteiger partial charge on any atom is 0.177 e. The van der Waals surface area contributed by atoms with Crippen LogP contribution in [0.25, 0.3) is 11.5 Å². The molecule has 0 atom stereocenters. The molecular weight excluding hydrogens is 180 g/mol. The normalized spacial score (nSPS) is 10.4. The van der Waals surface area contributed by atoms with Crippen LogP contribution in [0.2, 0.25) is 0 Å². The number of aryl methyl sites for hydroxylation is 1. The fourth-order valence-corrected chi connectivity index (χ4v) is 1.24. The molecule has 0 aromatic carbocycles. The van der Waals surface area contributed by atoms with Gasteiger partial charge in [-0.25, -0.2) is 4.98 Å². The van der Waals surface area contributed by atoms with Gasteiger partial charge in [0.1, 0.15) is 11.4 Å². The summed E-state index contributed by atoms with van der Waals surface area (Å²) in [6.07, 6.45) is 3.22. The van der Waals surface area contributed by atoms with E-state index in [-0.39, 0.29) is 5.78 Å². The summed E-state index contributed by atoms with van der Waals surface area (Å²) in [6.45, 7) is 1.50. The fraction of sp³-hybridized carbons (Fsp3) is 0.222. The van der Waals surface area contributed by atoms with E-state index in [0.717, 1.165) is 5.69 Å². The Morgan fingerprint density at radius 1 is 1.57 bits per heavy atom. The van der Waals surface area contributed by atoms with Crippen LogP contribution in [-0.2, 0) is 7.05 Å². The topological polar surface area (TPSA) is 63.6 Å². The van der Waals surface area contributed by atoms with Crippen LogP contribution < -0.4 is 0 Å². The Bertz CT molecular complexity index is 469. The van der Waals surface area contributed by atoms with Gasteiger partial charge in [-0.2, -0.15) is 5.10 Å². The molecule has 0 saturated heterocycles. The van der Waals surface area contributed by atoms with E-state index >= 15 is 0 Å². The number of ketones is 1. The zero-order valence-corrected chi connectivity index (χ0v) is 7.98. The van der Waals surface area contributed by atoms with Crippen LogP contribution >= 0.6 is 0 Å². The first-order valence-corrected chi connectivity index (χ1v) is 4.23. The summed E-state index contributed by atoms with van der Waals surface area (Å²) in [7, 11) is 1.82. The molecular formula is C9H10N4O. The number of carbonyl (C=O) groups is 1. The van der Waals surface area contributed by atoms with Crippen LogP contribution in [0.5, 0.6) is 0 Å². The Labute approximate surface area is 80.8 Å². The molecule has 1 N–H and O–H groups in total. The summed E-state index contributed by atoms with van der Waals surface area (Å²) >= 11 is 0. The predicted octanol–water partition coefficient (Wildman–Crippen LogP) is 1.01. The summed E-state index contributed by atoms with van der Waals surface area (Å²) in [5, 5.41) is 4.02. The molecule has 0 amide bonds. The van der Waals surface area contributed by atoms with E-state index in [1.54, 1.807) is 10.9 Å². The first kappa shape index (κ1) is 8.68. The maximum atomic E-state index is 11.0. The van der Waals surface area contributed by atoms with Crippen molar-refractivity contribution in [2.45, 2.75) is 6.92 Å². The zero-order valence-electron chi connectivity index (χ0n) is 7.98. The lowest BCUT2D eigenvalue weighted by atomic mass is 10.3. The van der Waals surface area contributed by atoms with E-state index in [9.17, 15) is 4.79 Å². The van der Waals surface area contributed by atoms with Gasteiger partial charge < -0.3 is 4.98 Å². The molecule has 5 nitrogen and oxygen atoms in total. The largest absolute Gasteiger partial charge is 0.334 e. The zero-order chi connectivity index (χ0) is 10.1. The highest BCUT2D eigenvalue weighted by Crippen LogP contribution is 2.13. The summed E-state index contributed by atoms with van der Waals surface area (Å²) in [4.78, 5) is 18.1. The van der Waals surface area contributed by atoms with Gasteiger partial charge in [-0.1, -0.05) is 0 Å². The summed E-state index contributed by atoms with van der Waals surface area (Å²) < 4.78 is 1.70. The second-order valence-electron chi connectivity index (χ2n) is 3.04. The molecule has 0 aliphatic heterocycles. The number of nitrogens with one attached hydrogen (secondary N) is 1. The molecule has 0 aliphatic rings. The van der Waals surface area contributed by atoms with Crippen molar-refractivity contribution >= 4 is 5.78 Å². The van der Waals surface area contributed by atoms with Crippen molar-refractivity contribution in [3.8, 4) is 11.5 Å². The molecule has 0 unspecified atom stereocenters. The van der Waals surface area contributed by atoms with Gasteiger partial charge in [0.2, 0.25) is 0 Å². The van der Waals surface area contributed by atoms with Gasteiger partial charge in [0.05, 0.1) is 6.20 Å². The molecule has 0 aliphatic carbocycles. The first-order valence-electron chi connectivity index (χ1n) is 4.23. The molecule has 0 spiro atoms. The third-order valence-electron chi connectivity index (χ3n) is 2.02.